The molecule has 0 aliphatic rings. The number of unbranched alkanes of at least 4 members (excludes halogenated alkanes) is 15. The molecule has 0 saturated heterocycles. The van der Waals surface area contributed by atoms with Crippen LogP contribution in [0.3, 0.4) is 0 Å². The number of halogens is 2. The monoisotopic (exact) mass is 641 g/mol. The summed E-state index contributed by atoms with van der Waals surface area (Å²) in [6, 6.07) is 5.53. The van der Waals surface area contributed by atoms with Gasteiger partial charge in [-0.15, -0.1) is 0 Å². The van der Waals surface area contributed by atoms with E-state index in [1.54, 1.807) is 6.07 Å². The lowest BCUT2D eigenvalue weighted by Crippen LogP contribution is -2.25. The summed E-state index contributed by atoms with van der Waals surface area (Å²) in [6.07, 6.45) is 21.6. The molecular weight excluding hydrogens is 600 g/mol. The fourth-order valence-electron chi connectivity index (χ4n) is 3.73. The molecule has 1 amide bonds. The number of nitrogens with one attached hydrogen (secondary N) is 1. The van der Waals surface area contributed by atoms with E-state index in [0.717, 1.165) is 13.6 Å². The minimum atomic E-state index is -1.33. The van der Waals surface area contributed by atoms with E-state index in [2.05, 4.69) is 34.8 Å². The van der Waals surface area contributed by atoms with Gasteiger partial charge < -0.3 is 5.32 Å². The molecule has 0 heterocycles. The number of rotatable bonds is 19. The van der Waals surface area contributed by atoms with Gasteiger partial charge in [0.2, 0.25) is 0 Å². The topological polar surface area (TPSA) is 46.2 Å². The Morgan fingerprint density at radius 3 is 1.73 bits per heavy atom. The van der Waals surface area contributed by atoms with Gasteiger partial charge in [0.25, 0.3) is 5.91 Å². The number of hydrogen-bond acceptors (Lipinski definition) is 2. The predicted molar refractivity (Wildman–Crippen MR) is 144 cm³/mol. The molecule has 0 atom stereocenters. The second-order valence-corrected chi connectivity index (χ2v) is 10.9. The molecule has 0 spiro atoms. The number of carbonyl (C=O) groups is 1. The zero-order valence-electron chi connectivity index (χ0n) is 18.8. The smallest absolute Gasteiger partial charge is 0.252 e. The van der Waals surface area contributed by atoms with Crippen LogP contribution in [0.25, 0.3) is 0 Å². The second-order valence-electron chi connectivity index (χ2n) is 8.24. The summed E-state index contributed by atoms with van der Waals surface area (Å²) < 4.78 is 13.1. The third-order valence-electron chi connectivity index (χ3n) is 5.59. The molecule has 0 bridgehead atoms. The van der Waals surface area contributed by atoms with Gasteiger partial charge in [-0.25, -0.2) is 0 Å². The van der Waals surface area contributed by atoms with Crippen molar-refractivity contribution >= 4 is 49.7 Å². The van der Waals surface area contributed by atoms with Gasteiger partial charge >= 0.3 is 0 Å². The van der Waals surface area contributed by atoms with Crippen LogP contribution in [-0.2, 0) is 3.07 Å². The predicted octanol–water partition coefficient (Wildman–Crippen LogP) is 8.77. The summed E-state index contributed by atoms with van der Waals surface area (Å²) in [6.45, 7) is 2.99. The molecule has 0 aromatic heterocycles. The molecule has 0 unspecified atom stereocenters. The molecule has 30 heavy (non-hydrogen) atoms. The molecule has 0 aliphatic heterocycles. The summed E-state index contributed by atoms with van der Waals surface area (Å²) in [4.78, 5) is 12.3. The SMILES string of the molecule is CCCCCCCCCCCCCCCCCCNC(=O)c1cccc(I)c1I=O. The van der Waals surface area contributed by atoms with Crippen molar-refractivity contribution in [3.63, 3.8) is 0 Å². The van der Waals surface area contributed by atoms with Crippen molar-refractivity contribution in [3.05, 3.63) is 30.9 Å². The van der Waals surface area contributed by atoms with Crippen LogP contribution >= 0.6 is 43.8 Å². The molecule has 1 rings (SSSR count). The fraction of sp³-hybridized carbons (Fsp3) is 0.720. The van der Waals surface area contributed by atoms with E-state index in [-0.39, 0.29) is 5.91 Å². The van der Waals surface area contributed by atoms with Crippen LogP contribution in [0.4, 0.5) is 0 Å². The minimum absolute atomic E-state index is 0.0833. The number of carbonyl (C=O) groups excluding carboxylic acids is 1. The summed E-state index contributed by atoms with van der Waals surface area (Å²) >= 11 is 0.822. The average Bonchev–Trinajstić information content (AvgIpc) is 2.75. The maximum absolute atomic E-state index is 12.3. The highest BCUT2D eigenvalue weighted by Gasteiger charge is 2.13. The van der Waals surface area contributed by atoms with E-state index in [1.807, 2.05) is 12.1 Å². The molecule has 1 aromatic carbocycles. The lowest BCUT2D eigenvalue weighted by molar-refractivity contribution is 0.0952. The first-order valence-corrected chi connectivity index (χ1v) is 15.1. The zero-order valence-corrected chi connectivity index (χ0v) is 23.1. The zero-order chi connectivity index (χ0) is 21.9. The summed E-state index contributed by atoms with van der Waals surface area (Å²) in [5, 5.41) is 2.99. The highest BCUT2D eigenvalue weighted by atomic mass is 127. The number of hydrogen-bond donors (Lipinski definition) is 1. The summed E-state index contributed by atoms with van der Waals surface area (Å²) in [5.74, 6) is -0.0833. The molecule has 1 aromatic rings. The lowest BCUT2D eigenvalue weighted by atomic mass is 10.0. The third-order valence-corrected chi connectivity index (χ3v) is 9.12. The van der Waals surface area contributed by atoms with Crippen LogP contribution < -0.4 is 5.32 Å². The van der Waals surface area contributed by atoms with Gasteiger partial charge in [-0.05, 0) is 41.1 Å². The number of amides is 1. The standard InChI is InChI=1S/C25H41I2NO2/c1-2-3-4-5-6-7-8-9-10-11-12-13-14-15-16-17-21-28-25(29)22-19-18-20-23(26)24(22)27-30/h18-20H,2-17,21H2,1H3,(H,28,29). The Hall–Kier alpha value is -0.0500. The van der Waals surface area contributed by atoms with E-state index < -0.39 is 21.2 Å². The first-order valence-electron chi connectivity index (χ1n) is 12.0. The van der Waals surface area contributed by atoms with Crippen LogP contribution in [0, 0.1) is 7.14 Å². The van der Waals surface area contributed by atoms with Crippen molar-refractivity contribution in [2.24, 2.45) is 0 Å². The Balaban J connectivity index is 1.90. The van der Waals surface area contributed by atoms with Crippen molar-refractivity contribution < 1.29 is 7.86 Å². The molecule has 172 valence electrons. The van der Waals surface area contributed by atoms with Crippen LogP contribution in [-0.4, -0.2) is 12.5 Å². The first kappa shape index (κ1) is 28.0. The molecule has 0 fully saturated rings. The van der Waals surface area contributed by atoms with Crippen molar-refractivity contribution in [2.75, 3.05) is 6.54 Å². The van der Waals surface area contributed by atoms with E-state index in [0.29, 0.717) is 12.1 Å². The third kappa shape index (κ3) is 13.4. The molecule has 0 radical (unpaired) electrons. The van der Waals surface area contributed by atoms with Crippen molar-refractivity contribution in [3.8, 4) is 0 Å². The second kappa shape index (κ2) is 19.6. The van der Waals surface area contributed by atoms with Crippen LogP contribution in [0.2, 0.25) is 0 Å². The maximum atomic E-state index is 12.3. The normalized spacial score (nSPS) is 11.0. The summed E-state index contributed by atoms with van der Waals surface area (Å²) in [7, 11) is 0. The molecule has 5 heteroatoms. The highest BCUT2D eigenvalue weighted by molar-refractivity contribution is 14.2. The van der Waals surface area contributed by atoms with Gasteiger partial charge in [0, 0.05) is 10.1 Å². The first-order chi connectivity index (χ1) is 14.7. The lowest BCUT2D eigenvalue weighted by Gasteiger charge is -2.08. The maximum Gasteiger partial charge on any atom is 0.252 e. The van der Waals surface area contributed by atoms with Crippen LogP contribution in [0.5, 0.6) is 0 Å². The van der Waals surface area contributed by atoms with Crippen LogP contribution in [0.1, 0.15) is 120 Å². The Kier molecular flexibility index (Phi) is 18.3. The van der Waals surface area contributed by atoms with E-state index >= 15 is 0 Å². The molecule has 1 N–H and O–H groups in total. The largest absolute Gasteiger partial charge is 0.352 e. The van der Waals surface area contributed by atoms with Crippen molar-refractivity contribution in [1.29, 1.82) is 0 Å². The molecular formula is C25H41I2NO2. The van der Waals surface area contributed by atoms with Gasteiger partial charge in [-0.2, -0.15) is 0 Å². The van der Waals surface area contributed by atoms with Crippen molar-refractivity contribution in [1.82, 2.24) is 5.32 Å². The Morgan fingerprint density at radius 1 is 0.800 bits per heavy atom. The number of benzene rings is 1. The van der Waals surface area contributed by atoms with Gasteiger partial charge in [0.1, 0.15) is 0 Å². The molecule has 0 saturated carbocycles. The molecule has 0 aliphatic carbocycles. The minimum Gasteiger partial charge on any atom is -0.352 e. The van der Waals surface area contributed by atoms with Gasteiger partial charge in [-0.3, -0.25) is 7.86 Å². The Bertz CT molecular complexity index is 593. The van der Waals surface area contributed by atoms with E-state index in [4.69, 9.17) is 0 Å². The van der Waals surface area contributed by atoms with E-state index in [1.165, 1.54) is 96.3 Å². The average molecular weight is 641 g/mol. The Morgan fingerprint density at radius 2 is 1.27 bits per heavy atom. The fourth-order valence-corrected chi connectivity index (χ4v) is 5.84. The van der Waals surface area contributed by atoms with Crippen molar-refractivity contribution in [2.45, 2.75) is 110 Å². The molecule has 3 nitrogen and oxygen atoms in total. The van der Waals surface area contributed by atoms with Gasteiger partial charge in [-0.1, -0.05) is 109 Å². The summed E-state index contributed by atoms with van der Waals surface area (Å²) in [5.41, 5.74) is 0.584. The quantitative estimate of drug-likeness (QED) is 0.121. The highest BCUT2D eigenvalue weighted by Crippen LogP contribution is 2.22. The Labute approximate surface area is 208 Å². The van der Waals surface area contributed by atoms with Gasteiger partial charge in [0.15, 0.2) is 21.2 Å². The van der Waals surface area contributed by atoms with Gasteiger partial charge in [0.05, 0.1) is 9.13 Å². The van der Waals surface area contributed by atoms with Crippen LogP contribution in [0.15, 0.2) is 18.2 Å². The van der Waals surface area contributed by atoms with E-state index in [9.17, 15) is 7.86 Å².